The predicted octanol–water partition coefficient (Wildman–Crippen LogP) is 2.76. The molecule has 1 nitrogen and oxygen atoms in total. The molecule has 0 spiro atoms. The van der Waals surface area contributed by atoms with E-state index in [2.05, 4.69) is 18.7 Å². The van der Waals surface area contributed by atoms with Crippen LogP contribution >= 0.6 is 0 Å². The molecule has 1 heteroatoms. The lowest BCUT2D eigenvalue weighted by Gasteiger charge is -2.38. The molecule has 0 atom stereocenters. The number of nitrogens with zero attached hydrogens (tertiary/aromatic N) is 1. The highest BCUT2D eigenvalue weighted by Gasteiger charge is 2.23. The predicted molar refractivity (Wildman–Crippen MR) is 51.9 cm³/mol. The Kier molecular flexibility index (Phi) is 6.63. The maximum atomic E-state index is 2.50. The summed E-state index contributed by atoms with van der Waals surface area (Å²) in [5.74, 6) is 1.04. The topological polar surface area (TPSA) is 3.24 Å². The average molecular weight is 157 g/mol. The van der Waals surface area contributed by atoms with Crippen LogP contribution in [-0.4, -0.2) is 24.5 Å². The standard InChI is InChI=1S/C8H17N.C2H6/c1-3-5-8-6-9(4-2)7-8;1-2/h8H,3-7H2,1-2H3;1-2H3. The lowest BCUT2D eigenvalue weighted by atomic mass is 9.95. The molecular formula is C10H23N. The Bertz CT molecular complexity index is 74.9. The fraction of sp³-hybridized carbons (Fsp3) is 1.00. The SMILES string of the molecule is CC.CCCC1CN(CC)C1. The highest BCUT2D eigenvalue weighted by atomic mass is 15.2. The van der Waals surface area contributed by atoms with E-state index in [1.807, 2.05) is 13.8 Å². The van der Waals surface area contributed by atoms with E-state index < -0.39 is 0 Å². The van der Waals surface area contributed by atoms with E-state index in [1.54, 1.807) is 0 Å². The number of hydrogen-bond acceptors (Lipinski definition) is 1. The summed E-state index contributed by atoms with van der Waals surface area (Å²) >= 11 is 0. The summed E-state index contributed by atoms with van der Waals surface area (Å²) in [4.78, 5) is 2.50. The summed E-state index contributed by atoms with van der Waals surface area (Å²) in [6.07, 6.45) is 2.80. The van der Waals surface area contributed by atoms with Crippen molar-refractivity contribution in [2.75, 3.05) is 19.6 Å². The van der Waals surface area contributed by atoms with Gasteiger partial charge in [0.25, 0.3) is 0 Å². The van der Waals surface area contributed by atoms with Crippen LogP contribution in [-0.2, 0) is 0 Å². The third-order valence-electron chi connectivity index (χ3n) is 2.18. The van der Waals surface area contributed by atoms with E-state index in [0.717, 1.165) is 5.92 Å². The van der Waals surface area contributed by atoms with Crippen molar-refractivity contribution in [2.45, 2.75) is 40.5 Å². The van der Waals surface area contributed by atoms with E-state index in [0.29, 0.717) is 0 Å². The molecule has 11 heavy (non-hydrogen) atoms. The quantitative estimate of drug-likeness (QED) is 0.609. The summed E-state index contributed by atoms with van der Waals surface area (Å²) in [6.45, 7) is 12.5. The number of likely N-dealkylation sites (tertiary alicyclic amines) is 1. The van der Waals surface area contributed by atoms with Gasteiger partial charge in [0, 0.05) is 13.1 Å². The van der Waals surface area contributed by atoms with Crippen LogP contribution in [0.2, 0.25) is 0 Å². The Labute approximate surface area is 71.8 Å². The molecule has 0 saturated carbocycles. The summed E-state index contributed by atoms with van der Waals surface area (Å²) < 4.78 is 0. The maximum absolute atomic E-state index is 2.50. The number of hydrogen-bond donors (Lipinski definition) is 0. The molecule has 68 valence electrons. The lowest BCUT2D eigenvalue weighted by molar-refractivity contribution is 0.101. The second-order valence-corrected chi connectivity index (χ2v) is 3.01. The van der Waals surface area contributed by atoms with E-state index in [9.17, 15) is 0 Å². The fourth-order valence-corrected chi connectivity index (χ4v) is 1.53. The van der Waals surface area contributed by atoms with Crippen molar-refractivity contribution >= 4 is 0 Å². The summed E-state index contributed by atoms with van der Waals surface area (Å²) in [7, 11) is 0. The fourth-order valence-electron chi connectivity index (χ4n) is 1.53. The van der Waals surface area contributed by atoms with Crippen molar-refractivity contribution in [2.24, 2.45) is 5.92 Å². The molecule has 0 N–H and O–H groups in total. The Morgan fingerprint density at radius 1 is 1.18 bits per heavy atom. The normalized spacial score (nSPS) is 18.5. The van der Waals surface area contributed by atoms with Crippen molar-refractivity contribution in [3.8, 4) is 0 Å². The van der Waals surface area contributed by atoms with Gasteiger partial charge in [-0.2, -0.15) is 0 Å². The van der Waals surface area contributed by atoms with Gasteiger partial charge in [0.15, 0.2) is 0 Å². The van der Waals surface area contributed by atoms with Crippen LogP contribution in [0, 0.1) is 5.92 Å². The zero-order valence-electron chi connectivity index (χ0n) is 8.56. The van der Waals surface area contributed by atoms with E-state index in [-0.39, 0.29) is 0 Å². The zero-order chi connectivity index (χ0) is 8.69. The number of rotatable bonds is 3. The molecule has 0 radical (unpaired) electrons. The molecule has 0 aromatic rings. The molecule has 0 aliphatic carbocycles. The maximum Gasteiger partial charge on any atom is 0.00219 e. The Balaban J connectivity index is 0.000000461. The Hall–Kier alpha value is -0.0400. The van der Waals surface area contributed by atoms with Crippen molar-refractivity contribution in [3.63, 3.8) is 0 Å². The minimum Gasteiger partial charge on any atom is -0.303 e. The smallest absolute Gasteiger partial charge is 0.00219 e. The van der Waals surface area contributed by atoms with Gasteiger partial charge in [-0.15, -0.1) is 0 Å². The van der Waals surface area contributed by atoms with Gasteiger partial charge in [0.2, 0.25) is 0 Å². The minimum absolute atomic E-state index is 1.04. The molecule has 1 saturated heterocycles. The molecule has 0 aromatic heterocycles. The van der Waals surface area contributed by atoms with Crippen molar-refractivity contribution in [1.82, 2.24) is 4.90 Å². The Morgan fingerprint density at radius 3 is 2.09 bits per heavy atom. The molecule has 1 aliphatic heterocycles. The molecule has 1 fully saturated rings. The van der Waals surface area contributed by atoms with Crippen LogP contribution in [0.1, 0.15) is 40.5 Å². The van der Waals surface area contributed by atoms with E-state index in [1.165, 1.54) is 32.5 Å². The van der Waals surface area contributed by atoms with Crippen LogP contribution in [0.3, 0.4) is 0 Å². The van der Waals surface area contributed by atoms with Gasteiger partial charge < -0.3 is 4.90 Å². The minimum atomic E-state index is 1.04. The first kappa shape index (κ1) is 11.0. The second kappa shape index (κ2) is 6.66. The van der Waals surface area contributed by atoms with Crippen molar-refractivity contribution in [1.29, 1.82) is 0 Å². The van der Waals surface area contributed by atoms with Gasteiger partial charge in [0.05, 0.1) is 0 Å². The van der Waals surface area contributed by atoms with Gasteiger partial charge in [-0.25, -0.2) is 0 Å². The molecule has 1 heterocycles. The lowest BCUT2D eigenvalue weighted by Crippen LogP contribution is -2.45. The molecular weight excluding hydrogens is 134 g/mol. The molecule has 1 aliphatic rings. The van der Waals surface area contributed by atoms with Gasteiger partial charge in [0.1, 0.15) is 0 Å². The van der Waals surface area contributed by atoms with Crippen LogP contribution in [0.5, 0.6) is 0 Å². The first-order chi connectivity index (χ1) is 5.36. The van der Waals surface area contributed by atoms with Crippen molar-refractivity contribution < 1.29 is 0 Å². The van der Waals surface area contributed by atoms with Gasteiger partial charge in [-0.3, -0.25) is 0 Å². The summed E-state index contributed by atoms with van der Waals surface area (Å²) in [5.41, 5.74) is 0. The summed E-state index contributed by atoms with van der Waals surface area (Å²) in [5, 5.41) is 0. The zero-order valence-corrected chi connectivity index (χ0v) is 8.56. The first-order valence-electron chi connectivity index (χ1n) is 5.09. The monoisotopic (exact) mass is 157 g/mol. The third-order valence-corrected chi connectivity index (χ3v) is 2.18. The van der Waals surface area contributed by atoms with Crippen LogP contribution in [0.15, 0.2) is 0 Å². The molecule has 1 rings (SSSR count). The van der Waals surface area contributed by atoms with E-state index >= 15 is 0 Å². The highest BCUT2D eigenvalue weighted by molar-refractivity contribution is 4.77. The second-order valence-electron chi connectivity index (χ2n) is 3.01. The molecule has 0 bridgehead atoms. The average Bonchev–Trinajstić information content (AvgIpc) is 2.00. The first-order valence-corrected chi connectivity index (χ1v) is 5.09. The molecule has 0 unspecified atom stereocenters. The molecule has 0 amide bonds. The highest BCUT2D eigenvalue weighted by Crippen LogP contribution is 2.18. The molecule has 0 aromatic carbocycles. The largest absolute Gasteiger partial charge is 0.303 e. The van der Waals surface area contributed by atoms with Crippen molar-refractivity contribution in [3.05, 3.63) is 0 Å². The Morgan fingerprint density at radius 2 is 1.73 bits per heavy atom. The van der Waals surface area contributed by atoms with Crippen LogP contribution in [0.4, 0.5) is 0 Å². The van der Waals surface area contributed by atoms with Crippen LogP contribution < -0.4 is 0 Å². The summed E-state index contributed by atoms with van der Waals surface area (Å²) in [6, 6.07) is 0. The van der Waals surface area contributed by atoms with Gasteiger partial charge in [-0.1, -0.05) is 34.1 Å². The van der Waals surface area contributed by atoms with Gasteiger partial charge in [-0.05, 0) is 18.9 Å². The van der Waals surface area contributed by atoms with E-state index in [4.69, 9.17) is 0 Å². The van der Waals surface area contributed by atoms with Gasteiger partial charge >= 0.3 is 0 Å². The third kappa shape index (κ3) is 3.76. The van der Waals surface area contributed by atoms with Crippen LogP contribution in [0.25, 0.3) is 0 Å².